The van der Waals surface area contributed by atoms with Crippen LogP contribution in [0.5, 0.6) is 0 Å². The lowest BCUT2D eigenvalue weighted by Gasteiger charge is -2.07. The van der Waals surface area contributed by atoms with Gasteiger partial charge in [-0.1, -0.05) is 66.7 Å². The molecule has 0 N–H and O–H groups in total. The number of hydrogen-bond acceptors (Lipinski definition) is 2. The number of para-hydroxylation sites is 5. The zero-order chi connectivity index (χ0) is 23.4. The van der Waals surface area contributed by atoms with Gasteiger partial charge in [-0.05, 0) is 42.5 Å². The maximum Gasteiger partial charge on any atom is 0.165 e. The molecule has 0 aliphatic heterocycles. The summed E-state index contributed by atoms with van der Waals surface area (Å²) < 4.78 is 4.70. The van der Waals surface area contributed by atoms with Gasteiger partial charge in [0.1, 0.15) is 5.52 Å². The molecule has 36 heavy (non-hydrogen) atoms. The van der Waals surface area contributed by atoms with Gasteiger partial charge in [-0.25, -0.2) is 9.97 Å². The maximum absolute atomic E-state index is 5.11. The molecule has 0 aliphatic rings. The molecule has 0 saturated carbocycles. The first-order valence-corrected chi connectivity index (χ1v) is 12.2. The van der Waals surface area contributed by atoms with Crippen molar-refractivity contribution < 1.29 is 0 Å². The van der Waals surface area contributed by atoms with Crippen LogP contribution in [0.15, 0.2) is 109 Å². The molecule has 4 heterocycles. The highest BCUT2D eigenvalue weighted by molar-refractivity contribution is 6.25. The smallest absolute Gasteiger partial charge is 0.165 e. The molecule has 9 rings (SSSR count). The molecule has 0 bridgehead atoms. The molecule has 0 saturated heterocycles. The van der Waals surface area contributed by atoms with Gasteiger partial charge in [-0.15, -0.1) is 0 Å². The topological polar surface area (TPSA) is 35.1 Å². The molecule has 0 radical (unpaired) electrons. The molecule has 4 heteroatoms. The lowest BCUT2D eigenvalue weighted by Crippen LogP contribution is -1.93. The quantitative estimate of drug-likeness (QED) is 0.251. The SMILES string of the molecule is c1ccc(-n2c3ccccc3c3cc4c(cc32)c2cccc3c5nc6ccccc6nc5n4c23)cc1. The van der Waals surface area contributed by atoms with Crippen LogP contribution in [0.25, 0.3) is 76.9 Å². The third-order valence-corrected chi connectivity index (χ3v) is 7.61. The summed E-state index contributed by atoms with van der Waals surface area (Å²) in [6.45, 7) is 0. The summed E-state index contributed by atoms with van der Waals surface area (Å²) in [6.07, 6.45) is 0. The van der Waals surface area contributed by atoms with Crippen molar-refractivity contribution in [1.82, 2.24) is 18.9 Å². The highest BCUT2D eigenvalue weighted by atomic mass is 15.0. The Morgan fingerprint density at radius 2 is 1.14 bits per heavy atom. The number of rotatable bonds is 1. The minimum absolute atomic E-state index is 0.917. The molecule has 0 fully saturated rings. The van der Waals surface area contributed by atoms with Crippen LogP contribution in [-0.4, -0.2) is 18.9 Å². The Morgan fingerprint density at radius 1 is 0.472 bits per heavy atom. The van der Waals surface area contributed by atoms with Gasteiger partial charge in [-0.3, -0.25) is 4.40 Å². The van der Waals surface area contributed by atoms with Crippen LogP contribution in [0.3, 0.4) is 0 Å². The average Bonchev–Trinajstić information content (AvgIpc) is 3.55. The average molecular weight is 459 g/mol. The van der Waals surface area contributed by atoms with Crippen LogP contribution in [-0.2, 0) is 0 Å². The van der Waals surface area contributed by atoms with Crippen LogP contribution in [0, 0.1) is 0 Å². The fourth-order valence-electron chi connectivity index (χ4n) is 6.12. The number of aromatic nitrogens is 4. The van der Waals surface area contributed by atoms with Crippen LogP contribution in [0.2, 0.25) is 0 Å². The Bertz CT molecular complexity index is 2310. The number of nitrogens with zero attached hydrogens (tertiary/aromatic N) is 4. The summed E-state index contributed by atoms with van der Waals surface area (Å²) in [7, 11) is 0. The van der Waals surface area contributed by atoms with Crippen LogP contribution in [0.1, 0.15) is 0 Å². The van der Waals surface area contributed by atoms with Crippen molar-refractivity contribution in [2.45, 2.75) is 0 Å². The summed E-state index contributed by atoms with van der Waals surface area (Å²) in [4.78, 5) is 10.2. The second-order valence-electron chi connectivity index (χ2n) is 9.50. The van der Waals surface area contributed by atoms with Crippen molar-refractivity contribution in [3.8, 4) is 5.69 Å². The molecule has 0 amide bonds. The summed E-state index contributed by atoms with van der Waals surface area (Å²) in [5.41, 5.74) is 9.68. The van der Waals surface area contributed by atoms with Crippen molar-refractivity contribution in [2.24, 2.45) is 0 Å². The Hall–Kier alpha value is -4.96. The van der Waals surface area contributed by atoms with Gasteiger partial charge in [0.25, 0.3) is 0 Å². The van der Waals surface area contributed by atoms with Gasteiger partial charge in [0.2, 0.25) is 0 Å². The Labute approximate surface area is 205 Å². The van der Waals surface area contributed by atoms with E-state index < -0.39 is 0 Å². The van der Waals surface area contributed by atoms with Gasteiger partial charge < -0.3 is 4.57 Å². The Balaban J connectivity index is 1.53. The monoisotopic (exact) mass is 458 g/mol. The van der Waals surface area contributed by atoms with E-state index in [2.05, 4.69) is 93.9 Å². The minimum Gasteiger partial charge on any atom is -0.309 e. The number of benzene rings is 5. The predicted molar refractivity (Wildman–Crippen MR) is 149 cm³/mol. The molecule has 0 aliphatic carbocycles. The highest BCUT2D eigenvalue weighted by Gasteiger charge is 2.22. The van der Waals surface area contributed by atoms with E-state index in [0.717, 1.165) is 27.6 Å². The standard InChI is InChI=1S/C32H18N4/c1-2-9-19(10-3-1)35-27-16-7-4-11-20(27)23-17-29-24(18-28(23)35)21-12-8-13-22-30-32(36(29)31(21)22)34-26-15-6-5-14-25(26)33-30/h1-18H. The molecule has 9 aromatic rings. The van der Waals surface area contributed by atoms with E-state index >= 15 is 0 Å². The van der Waals surface area contributed by atoms with Crippen molar-refractivity contribution in [3.05, 3.63) is 109 Å². The van der Waals surface area contributed by atoms with E-state index in [9.17, 15) is 0 Å². The second kappa shape index (κ2) is 6.37. The maximum atomic E-state index is 5.11. The number of fused-ring (bicyclic) bond motifs is 10. The van der Waals surface area contributed by atoms with Crippen LogP contribution >= 0.6 is 0 Å². The summed E-state index contributed by atoms with van der Waals surface area (Å²) in [5.74, 6) is 0. The first-order chi connectivity index (χ1) is 17.9. The molecular weight excluding hydrogens is 440 g/mol. The largest absolute Gasteiger partial charge is 0.309 e. The molecule has 4 nitrogen and oxygen atoms in total. The zero-order valence-corrected chi connectivity index (χ0v) is 19.2. The first kappa shape index (κ1) is 18.4. The van der Waals surface area contributed by atoms with Gasteiger partial charge >= 0.3 is 0 Å². The summed E-state index contributed by atoms with van der Waals surface area (Å²) >= 11 is 0. The molecular formula is C32H18N4. The van der Waals surface area contributed by atoms with E-state index in [1.807, 2.05) is 24.3 Å². The van der Waals surface area contributed by atoms with Gasteiger partial charge in [-0.2, -0.15) is 0 Å². The molecule has 0 spiro atoms. The van der Waals surface area contributed by atoms with E-state index in [0.29, 0.717) is 0 Å². The predicted octanol–water partition coefficient (Wildman–Crippen LogP) is 7.88. The summed E-state index contributed by atoms with van der Waals surface area (Å²) in [6, 6.07) is 38.7. The van der Waals surface area contributed by atoms with Gasteiger partial charge in [0.15, 0.2) is 5.65 Å². The lowest BCUT2D eigenvalue weighted by atomic mass is 10.1. The Kier molecular flexibility index (Phi) is 3.25. The lowest BCUT2D eigenvalue weighted by molar-refractivity contribution is 1.18. The first-order valence-electron chi connectivity index (χ1n) is 12.2. The van der Waals surface area contributed by atoms with E-state index in [4.69, 9.17) is 9.97 Å². The third kappa shape index (κ3) is 2.15. The van der Waals surface area contributed by atoms with Crippen molar-refractivity contribution in [2.75, 3.05) is 0 Å². The van der Waals surface area contributed by atoms with Crippen LogP contribution in [0.4, 0.5) is 0 Å². The van der Waals surface area contributed by atoms with E-state index in [1.54, 1.807) is 0 Å². The Morgan fingerprint density at radius 3 is 2.03 bits per heavy atom. The molecule has 4 aromatic heterocycles. The zero-order valence-electron chi connectivity index (χ0n) is 19.2. The highest BCUT2D eigenvalue weighted by Crippen LogP contribution is 2.42. The van der Waals surface area contributed by atoms with Crippen LogP contribution < -0.4 is 0 Å². The fourth-order valence-corrected chi connectivity index (χ4v) is 6.12. The third-order valence-electron chi connectivity index (χ3n) is 7.61. The van der Waals surface area contributed by atoms with Gasteiger partial charge in [0, 0.05) is 32.6 Å². The van der Waals surface area contributed by atoms with E-state index in [-0.39, 0.29) is 0 Å². The summed E-state index contributed by atoms with van der Waals surface area (Å²) in [5, 5.41) is 6.11. The number of hydrogen-bond donors (Lipinski definition) is 0. The molecule has 0 unspecified atom stereocenters. The molecule has 0 atom stereocenters. The molecule has 166 valence electrons. The minimum atomic E-state index is 0.917. The van der Waals surface area contributed by atoms with E-state index in [1.165, 1.54) is 49.3 Å². The second-order valence-corrected chi connectivity index (χ2v) is 9.50. The van der Waals surface area contributed by atoms with Crippen molar-refractivity contribution in [3.63, 3.8) is 0 Å². The normalized spacial score (nSPS) is 12.4. The van der Waals surface area contributed by atoms with Crippen molar-refractivity contribution in [1.29, 1.82) is 0 Å². The van der Waals surface area contributed by atoms with Gasteiger partial charge in [0.05, 0.1) is 33.1 Å². The fraction of sp³-hybridized carbons (Fsp3) is 0. The molecule has 5 aromatic carbocycles. The van der Waals surface area contributed by atoms with Crippen molar-refractivity contribution >= 4 is 71.2 Å².